The van der Waals surface area contributed by atoms with Crippen LogP contribution >= 0.6 is 11.8 Å². The van der Waals surface area contributed by atoms with Gasteiger partial charge in [-0.25, -0.2) is 8.78 Å². The highest BCUT2D eigenvalue weighted by molar-refractivity contribution is 7.99. The van der Waals surface area contributed by atoms with Gasteiger partial charge < -0.3 is 19.5 Å². The lowest BCUT2D eigenvalue weighted by Gasteiger charge is -2.28. The molecule has 0 aliphatic carbocycles. The van der Waals surface area contributed by atoms with E-state index in [1.54, 1.807) is 13.8 Å². The number of alkyl halides is 3. The van der Waals surface area contributed by atoms with Crippen molar-refractivity contribution in [3.05, 3.63) is 110 Å². The molecule has 0 saturated heterocycles. The first-order valence-electron chi connectivity index (χ1n) is 16.3. The first-order chi connectivity index (χ1) is 24.0. The number of nitrogens with one attached hydrogen (secondary N) is 1. The summed E-state index contributed by atoms with van der Waals surface area (Å²) in [6, 6.07) is 13.9. The van der Waals surface area contributed by atoms with Crippen LogP contribution in [0.15, 0.2) is 70.5 Å². The van der Waals surface area contributed by atoms with Crippen LogP contribution in [0.5, 0.6) is 11.5 Å². The van der Waals surface area contributed by atoms with E-state index in [9.17, 15) is 22.8 Å². The number of carbonyl (C=O) groups excluding carboxylic acids is 1. The third kappa shape index (κ3) is 6.98. The molecule has 3 heterocycles. The summed E-state index contributed by atoms with van der Waals surface area (Å²) in [6.45, 7) is 4.24. The molecular formula is C37H35F5N2O5S. The Morgan fingerprint density at radius 2 is 1.80 bits per heavy atom. The Balaban J connectivity index is 1.52. The fourth-order valence-corrected chi connectivity index (χ4v) is 8.04. The Morgan fingerprint density at radius 3 is 2.54 bits per heavy atom. The molecule has 0 fully saturated rings. The van der Waals surface area contributed by atoms with E-state index >= 15 is 8.78 Å². The second-order valence-electron chi connectivity index (χ2n) is 12.0. The molecule has 6 rings (SSSR count). The number of hydrogen-bond donors (Lipinski definition) is 1. The zero-order valence-corrected chi connectivity index (χ0v) is 28.2. The van der Waals surface area contributed by atoms with E-state index in [-0.39, 0.29) is 66.0 Å². The number of carbonyl (C=O) groups is 1. The van der Waals surface area contributed by atoms with Gasteiger partial charge in [0, 0.05) is 29.7 Å². The lowest BCUT2D eigenvalue weighted by molar-refractivity contribution is -0.143. The SMILES string of the molecule is CCOC(=O)CCCNC(c1ccccc1)C1CSc2c(Cc3c(F)cccc3C(F)(F)F)c(C)c(-c3ccc4c(c3F)OCCO4)c(=O)n21. The average molecular weight is 715 g/mol. The molecule has 1 N–H and O–H groups in total. The molecule has 0 radical (unpaired) electrons. The first kappa shape index (κ1) is 35.5. The molecule has 4 aromatic rings. The number of halogens is 5. The van der Waals surface area contributed by atoms with Gasteiger partial charge in [0.2, 0.25) is 0 Å². The van der Waals surface area contributed by atoms with Crippen LogP contribution in [0.25, 0.3) is 11.1 Å². The summed E-state index contributed by atoms with van der Waals surface area (Å²) in [4.78, 5) is 26.7. The molecule has 2 unspecified atom stereocenters. The second-order valence-corrected chi connectivity index (χ2v) is 13.0. The van der Waals surface area contributed by atoms with Gasteiger partial charge in [-0.15, -0.1) is 11.8 Å². The largest absolute Gasteiger partial charge is 0.486 e. The predicted molar refractivity (Wildman–Crippen MR) is 179 cm³/mol. The lowest BCUT2D eigenvalue weighted by atomic mass is 9.91. The van der Waals surface area contributed by atoms with Crippen LogP contribution in [0.1, 0.15) is 59.7 Å². The van der Waals surface area contributed by atoms with Crippen molar-refractivity contribution in [2.24, 2.45) is 0 Å². The lowest BCUT2D eigenvalue weighted by Crippen LogP contribution is -2.36. The van der Waals surface area contributed by atoms with E-state index in [4.69, 9.17) is 14.2 Å². The zero-order valence-electron chi connectivity index (χ0n) is 27.4. The van der Waals surface area contributed by atoms with Crippen molar-refractivity contribution in [1.82, 2.24) is 9.88 Å². The van der Waals surface area contributed by atoms with Gasteiger partial charge in [0.05, 0.1) is 34.8 Å². The molecule has 264 valence electrons. The van der Waals surface area contributed by atoms with Crippen LogP contribution in [-0.2, 0) is 22.1 Å². The predicted octanol–water partition coefficient (Wildman–Crippen LogP) is 7.80. The number of benzene rings is 3. The maximum atomic E-state index is 16.2. The summed E-state index contributed by atoms with van der Waals surface area (Å²) in [5.41, 5.74) is -1.07. The molecule has 1 aromatic heterocycles. The van der Waals surface area contributed by atoms with Crippen molar-refractivity contribution in [2.75, 3.05) is 32.1 Å². The fourth-order valence-electron chi connectivity index (χ4n) is 6.61. The van der Waals surface area contributed by atoms with Gasteiger partial charge in [-0.3, -0.25) is 14.2 Å². The van der Waals surface area contributed by atoms with Gasteiger partial charge in [0.1, 0.15) is 19.0 Å². The molecule has 0 spiro atoms. The van der Waals surface area contributed by atoms with Crippen molar-refractivity contribution in [2.45, 2.75) is 56.4 Å². The van der Waals surface area contributed by atoms with Crippen molar-refractivity contribution >= 4 is 17.7 Å². The standard InChI is InChI=1S/C37H35F5N2O5S/c1-3-47-30(45)13-8-16-43-33(22-9-5-4-6-10-22)28-20-50-36-24(19-25-26(37(40,41)42)11-7-12-27(25)38)21(2)31(35(46)44(28)36)23-14-15-29-34(32(23)39)49-18-17-48-29/h4-7,9-12,14-15,28,33,43H,3,8,13,16-20H2,1-2H3. The highest BCUT2D eigenvalue weighted by atomic mass is 32.2. The molecule has 13 heteroatoms. The summed E-state index contributed by atoms with van der Waals surface area (Å²) in [5.74, 6) is -1.87. The number of nitrogens with zero attached hydrogens (tertiary/aromatic N) is 1. The Labute approximate surface area is 289 Å². The Morgan fingerprint density at radius 1 is 1.04 bits per heavy atom. The molecule has 7 nitrogen and oxygen atoms in total. The third-order valence-electron chi connectivity index (χ3n) is 8.93. The minimum atomic E-state index is -4.84. The minimum absolute atomic E-state index is 0.0651. The van der Waals surface area contributed by atoms with Crippen LogP contribution in [0.3, 0.4) is 0 Å². The van der Waals surface area contributed by atoms with E-state index in [1.165, 1.54) is 28.5 Å². The van der Waals surface area contributed by atoms with Crippen molar-refractivity contribution in [3.8, 4) is 22.6 Å². The minimum Gasteiger partial charge on any atom is -0.486 e. The number of esters is 1. The summed E-state index contributed by atoms with van der Waals surface area (Å²) >= 11 is 1.28. The molecule has 50 heavy (non-hydrogen) atoms. The summed E-state index contributed by atoms with van der Waals surface area (Å²) in [7, 11) is 0. The quantitative estimate of drug-likeness (QED) is 0.0966. The zero-order chi connectivity index (χ0) is 35.6. The Hall–Kier alpha value is -4.36. The fraction of sp³-hybridized carbons (Fsp3) is 0.351. The highest BCUT2D eigenvalue weighted by Crippen LogP contribution is 2.46. The summed E-state index contributed by atoms with van der Waals surface area (Å²) in [6.07, 6.45) is -4.71. The van der Waals surface area contributed by atoms with E-state index in [0.29, 0.717) is 23.7 Å². The Kier molecular flexibility index (Phi) is 10.5. The van der Waals surface area contributed by atoms with E-state index in [1.807, 2.05) is 30.3 Å². The number of pyridine rings is 1. The maximum Gasteiger partial charge on any atom is 0.416 e. The van der Waals surface area contributed by atoms with Crippen LogP contribution in [-0.4, -0.2) is 42.7 Å². The topological polar surface area (TPSA) is 78.8 Å². The molecule has 2 aliphatic heterocycles. The van der Waals surface area contributed by atoms with Gasteiger partial charge >= 0.3 is 12.1 Å². The molecular weight excluding hydrogens is 679 g/mol. The highest BCUT2D eigenvalue weighted by Gasteiger charge is 2.39. The molecule has 0 bridgehead atoms. The number of rotatable bonds is 11. The second kappa shape index (κ2) is 14.9. The van der Waals surface area contributed by atoms with Gasteiger partial charge in [-0.1, -0.05) is 36.4 Å². The first-order valence-corrected chi connectivity index (χ1v) is 17.3. The van der Waals surface area contributed by atoms with E-state index in [0.717, 1.165) is 23.8 Å². The van der Waals surface area contributed by atoms with E-state index in [2.05, 4.69) is 5.32 Å². The van der Waals surface area contributed by atoms with Crippen molar-refractivity contribution in [1.29, 1.82) is 0 Å². The van der Waals surface area contributed by atoms with E-state index < -0.39 is 53.0 Å². The van der Waals surface area contributed by atoms with Crippen LogP contribution in [0.4, 0.5) is 22.0 Å². The maximum absolute atomic E-state index is 16.2. The average Bonchev–Trinajstić information content (AvgIpc) is 3.53. The van der Waals surface area contributed by atoms with Crippen molar-refractivity contribution < 1.29 is 41.0 Å². The van der Waals surface area contributed by atoms with Gasteiger partial charge in [-0.05, 0) is 67.8 Å². The number of hydrogen-bond acceptors (Lipinski definition) is 7. The van der Waals surface area contributed by atoms with Gasteiger partial charge in [-0.2, -0.15) is 13.2 Å². The summed E-state index contributed by atoms with van der Waals surface area (Å²) < 4.78 is 91.7. The van der Waals surface area contributed by atoms with Crippen LogP contribution < -0.4 is 20.3 Å². The van der Waals surface area contributed by atoms with Gasteiger partial charge in [0.15, 0.2) is 17.3 Å². The van der Waals surface area contributed by atoms with Crippen molar-refractivity contribution in [3.63, 3.8) is 0 Å². The monoisotopic (exact) mass is 714 g/mol. The third-order valence-corrected chi connectivity index (χ3v) is 10.2. The number of aromatic nitrogens is 1. The Bertz CT molecular complexity index is 1950. The molecule has 3 aromatic carbocycles. The number of thioether (sulfide) groups is 1. The molecule has 0 amide bonds. The molecule has 2 atom stereocenters. The summed E-state index contributed by atoms with van der Waals surface area (Å²) in [5, 5.41) is 3.86. The molecule has 2 aliphatic rings. The van der Waals surface area contributed by atoms with Gasteiger partial charge in [0.25, 0.3) is 5.56 Å². The number of fused-ring (bicyclic) bond motifs is 2. The smallest absolute Gasteiger partial charge is 0.416 e. The van der Waals surface area contributed by atoms with Crippen LogP contribution in [0.2, 0.25) is 0 Å². The number of ether oxygens (including phenoxy) is 3. The van der Waals surface area contributed by atoms with Crippen LogP contribution in [0, 0.1) is 18.6 Å². The molecule has 0 saturated carbocycles. The normalized spacial score (nSPS) is 15.9.